The molecule has 0 aliphatic carbocycles. The van der Waals surface area contributed by atoms with Gasteiger partial charge in [0.25, 0.3) is 0 Å². The van der Waals surface area contributed by atoms with Gasteiger partial charge >= 0.3 is 0 Å². The van der Waals surface area contributed by atoms with Crippen LogP contribution in [0, 0.1) is 0 Å². The van der Waals surface area contributed by atoms with E-state index in [1.807, 2.05) is 0 Å². The Morgan fingerprint density at radius 3 is 2.50 bits per heavy atom. The first kappa shape index (κ1) is 10.2. The van der Waals surface area contributed by atoms with Gasteiger partial charge in [0.1, 0.15) is 0 Å². The number of hydrogen-bond acceptors (Lipinski definition) is 2. The lowest BCUT2D eigenvalue weighted by Gasteiger charge is -2.19. The molecule has 1 aromatic rings. The molecule has 0 amide bonds. The first-order valence-corrected chi connectivity index (χ1v) is 5.57. The lowest BCUT2D eigenvalue weighted by atomic mass is 10.1. The van der Waals surface area contributed by atoms with Crippen molar-refractivity contribution in [2.24, 2.45) is 0 Å². The molecule has 68 valence electrons. The van der Waals surface area contributed by atoms with Crippen molar-refractivity contribution in [3.05, 3.63) is 20.8 Å². The van der Waals surface area contributed by atoms with Gasteiger partial charge in [-0.05, 0) is 48.8 Å². The van der Waals surface area contributed by atoms with Crippen LogP contribution in [0.3, 0.4) is 0 Å². The summed E-state index contributed by atoms with van der Waals surface area (Å²) in [5, 5.41) is 3.44. The zero-order valence-corrected chi connectivity index (χ0v) is 10.1. The molecule has 1 rings (SSSR count). The predicted molar refractivity (Wildman–Crippen MR) is 58.6 cm³/mol. The third-order valence-corrected chi connectivity index (χ3v) is 3.05. The molecular formula is C9H14BrNS. The van der Waals surface area contributed by atoms with Crippen molar-refractivity contribution in [2.75, 3.05) is 0 Å². The van der Waals surface area contributed by atoms with Gasteiger partial charge in [-0.3, -0.25) is 0 Å². The Morgan fingerprint density at radius 2 is 2.08 bits per heavy atom. The van der Waals surface area contributed by atoms with Crippen molar-refractivity contribution in [3.8, 4) is 0 Å². The Kier molecular flexibility index (Phi) is 3.32. The van der Waals surface area contributed by atoms with Crippen LogP contribution < -0.4 is 5.32 Å². The average Bonchev–Trinajstić information content (AvgIpc) is 2.30. The third kappa shape index (κ3) is 3.70. The second kappa shape index (κ2) is 3.90. The first-order valence-electron chi connectivity index (χ1n) is 3.97. The molecule has 0 radical (unpaired) electrons. The molecular weight excluding hydrogens is 234 g/mol. The molecule has 0 aliphatic heterocycles. The Hall–Kier alpha value is 0.140. The highest BCUT2D eigenvalue weighted by Crippen LogP contribution is 2.22. The zero-order chi connectivity index (χ0) is 9.19. The minimum Gasteiger partial charge on any atom is -0.307 e. The largest absolute Gasteiger partial charge is 0.307 e. The van der Waals surface area contributed by atoms with Gasteiger partial charge in [0.05, 0.1) is 3.79 Å². The Labute approximate surface area is 86.3 Å². The summed E-state index contributed by atoms with van der Waals surface area (Å²) in [4.78, 5) is 1.37. The summed E-state index contributed by atoms with van der Waals surface area (Å²) in [5.74, 6) is 0. The van der Waals surface area contributed by atoms with Crippen LogP contribution in [-0.2, 0) is 6.54 Å². The number of halogens is 1. The minimum atomic E-state index is 0.205. The van der Waals surface area contributed by atoms with E-state index in [1.165, 1.54) is 8.66 Å². The number of nitrogens with one attached hydrogen (secondary N) is 1. The molecule has 1 nitrogen and oxygen atoms in total. The van der Waals surface area contributed by atoms with E-state index in [0.717, 1.165) is 6.54 Å². The quantitative estimate of drug-likeness (QED) is 0.845. The van der Waals surface area contributed by atoms with Crippen LogP contribution in [0.15, 0.2) is 15.9 Å². The Bertz CT molecular complexity index is 249. The van der Waals surface area contributed by atoms with E-state index in [0.29, 0.717) is 0 Å². The van der Waals surface area contributed by atoms with Crippen LogP contribution in [0.25, 0.3) is 0 Å². The highest BCUT2D eigenvalue weighted by atomic mass is 79.9. The molecule has 3 heteroatoms. The molecule has 0 saturated heterocycles. The van der Waals surface area contributed by atoms with Crippen LogP contribution in [0.5, 0.6) is 0 Å². The zero-order valence-electron chi connectivity index (χ0n) is 7.65. The van der Waals surface area contributed by atoms with Gasteiger partial charge < -0.3 is 5.32 Å². The lowest BCUT2D eigenvalue weighted by Crippen LogP contribution is -2.34. The monoisotopic (exact) mass is 247 g/mol. The summed E-state index contributed by atoms with van der Waals surface area (Å²) >= 11 is 5.23. The molecule has 0 unspecified atom stereocenters. The van der Waals surface area contributed by atoms with Crippen molar-refractivity contribution in [1.29, 1.82) is 0 Å². The summed E-state index contributed by atoms with van der Waals surface area (Å²) in [6.07, 6.45) is 0. The molecule has 12 heavy (non-hydrogen) atoms. The fourth-order valence-electron chi connectivity index (χ4n) is 0.799. The molecule has 0 aliphatic rings. The molecule has 0 atom stereocenters. The fourth-order valence-corrected chi connectivity index (χ4v) is 2.22. The summed E-state index contributed by atoms with van der Waals surface area (Å²) in [6, 6.07) is 4.23. The van der Waals surface area contributed by atoms with Gasteiger partial charge in [0, 0.05) is 17.0 Å². The van der Waals surface area contributed by atoms with Gasteiger partial charge in [-0.1, -0.05) is 0 Å². The van der Waals surface area contributed by atoms with E-state index in [9.17, 15) is 0 Å². The van der Waals surface area contributed by atoms with E-state index in [4.69, 9.17) is 0 Å². The molecule has 1 aromatic heterocycles. The van der Waals surface area contributed by atoms with E-state index in [2.05, 4.69) is 54.2 Å². The second-order valence-electron chi connectivity index (χ2n) is 3.81. The lowest BCUT2D eigenvalue weighted by molar-refractivity contribution is 0.426. The topological polar surface area (TPSA) is 12.0 Å². The molecule has 0 bridgehead atoms. The van der Waals surface area contributed by atoms with E-state index in [1.54, 1.807) is 11.3 Å². The standard InChI is InChI=1S/C9H14BrNS/c1-9(2,3)11-6-7-4-5-8(10)12-7/h4-5,11H,6H2,1-3H3. The number of rotatable bonds is 2. The summed E-state index contributed by atoms with van der Waals surface area (Å²) in [6.45, 7) is 7.49. The van der Waals surface area contributed by atoms with Crippen LogP contribution in [-0.4, -0.2) is 5.54 Å². The molecule has 0 fully saturated rings. The van der Waals surface area contributed by atoms with Gasteiger partial charge in [-0.25, -0.2) is 0 Å². The first-order chi connectivity index (χ1) is 5.47. The number of thiophene rings is 1. The normalized spacial score (nSPS) is 12.0. The second-order valence-corrected chi connectivity index (χ2v) is 6.36. The van der Waals surface area contributed by atoms with E-state index in [-0.39, 0.29) is 5.54 Å². The van der Waals surface area contributed by atoms with Crippen molar-refractivity contribution >= 4 is 27.3 Å². The maximum absolute atomic E-state index is 3.44. The van der Waals surface area contributed by atoms with Gasteiger partial charge in [-0.15, -0.1) is 11.3 Å². The molecule has 1 N–H and O–H groups in total. The summed E-state index contributed by atoms with van der Waals surface area (Å²) in [5.41, 5.74) is 0.205. The summed E-state index contributed by atoms with van der Waals surface area (Å²) < 4.78 is 1.20. The molecule has 0 aromatic carbocycles. The van der Waals surface area contributed by atoms with Crippen molar-refractivity contribution in [1.82, 2.24) is 5.32 Å². The minimum absolute atomic E-state index is 0.205. The van der Waals surface area contributed by atoms with Crippen molar-refractivity contribution < 1.29 is 0 Å². The average molecular weight is 248 g/mol. The van der Waals surface area contributed by atoms with Crippen LogP contribution >= 0.6 is 27.3 Å². The molecule has 1 heterocycles. The summed E-state index contributed by atoms with van der Waals surface area (Å²) in [7, 11) is 0. The van der Waals surface area contributed by atoms with Crippen molar-refractivity contribution in [3.63, 3.8) is 0 Å². The highest BCUT2D eigenvalue weighted by molar-refractivity contribution is 9.11. The SMILES string of the molecule is CC(C)(C)NCc1ccc(Br)s1. The smallest absolute Gasteiger partial charge is 0.0701 e. The number of hydrogen-bond donors (Lipinski definition) is 1. The van der Waals surface area contributed by atoms with Crippen molar-refractivity contribution in [2.45, 2.75) is 32.9 Å². The van der Waals surface area contributed by atoms with E-state index >= 15 is 0 Å². The Balaban J connectivity index is 2.44. The van der Waals surface area contributed by atoms with Gasteiger partial charge in [0.2, 0.25) is 0 Å². The maximum atomic E-state index is 3.44. The highest BCUT2D eigenvalue weighted by Gasteiger charge is 2.08. The predicted octanol–water partition coefficient (Wildman–Crippen LogP) is 3.40. The Morgan fingerprint density at radius 1 is 1.42 bits per heavy atom. The maximum Gasteiger partial charge on any atom is 0.0701 e. The van der Waals surface area contributed by atoms with Gasteiger partial charge in [0.15, 0.2) is 0 Å². The van der Waals surface area contributed by atoms with Gasteiger partial charge in [-0.2, -0.15) is 0 Å². The van der Waals surface area contributed by atoms with Crippen LogP contribution in [0.2, 0.25) is 0 Å². The molecule has 0 spiro atoms. The molecule has 0 saturated carbocycles. The van der Waals surface area contributed by atoms with Crippen LogP contribution in [0.4, 0.5) is 0 Å². The van der Waals surface area contributed by atoms with E-state index < -0.39 is 0 Å². The van der Waals surface area contributed by atoms with Crippen LogP contribution in [0.1, 0.15) is 25.6 Å². The third-order valence-electron chi connectivity index (χ3n) is 1.42. The fraction of sp³-hybridized carbons (Fsp3) is 0.556.